The number of carbonyl (C=O) groups is 1. The van der Waals surface area contributed by atoms with Crippen molar-refractivity contribution in [3.8, 4) is 5.75 Å². The van der Waals surface area contributed by atoms with Crippen molar-refractivity contribution in [1.29, 1.82) is 0 Å². The maximum Gasteiger partial charge on any atom is 0.303 e. The van der Waals surface area contributed by atoms with Crippen LogP contribution in [-0.2, 0) is 14.3 Å². The molecule has 0 bridgehead atoms. The highest BCUT2D eigenvalue weighted by atomic mass is 16.7. The fourth-order valence-corrected chi connectivity index (χ4v) is 3.01. The standard InChI is InChI=1S/C20H22O6/c21-17-8-5-4-7-16(17)19-14(6-2-1-3-9-18(22)23)13-25-20(26-19)15-10-11-24-12-15/h1-2,4-5,7-8,10-12,14,19-21H,3,6,9,13H2,(H,22,23)/b2-1-. The molecule has 1 aliphatic heterocycles. The van der Waals surface area contributed by atoms with Gasteiger partial charge in [0.25, 0.3) is 0 Å². The van der Waals surface area contributed by atoms with Gasteiger partial charge in [0.2, 0.25) is 0 Å². The lowest BCUT2D eigenvalue weighted by molar-refractivity contribution is -0.244. The van der Waals surface area contributed by atoms with Crippen LogP contribution in [-0.4, -0.2) is 22.8 Å². The van der Waals surface area contributed by atoms with E-state index in [9.17, 15) is 9.90 Å². The van der Waals surface area contributed by atoms with Crippen LogP contribution >= 0.6 is 0 Å². The van der Waals surface area contributed by atoms with Crippen LogP contribution in [0.2, 0.25) is 0 Å². The van der Waals surface area contributed by atoms with Gasteiger partial charge < -0.3 is 24.1 Å². The molecule has 1 aromatic carbocycles. The molecule has 0 aliphatic carbocycles. The highest BCUT2D eigenvalue weighted by Gasteiger charge is 2.34. The summed E-state index contributed by atoms with van der Waals surface area (Å²) < 4.78 is 17.1. The number of hydrogen-bond donors (Lipinski definition) is 2. The number of carboxylic acids is 1. The fraction of sp³-hybridized carbons (Fsp3) is 0.350. The summed E-state index contributed by atoms with van der Waals surface area (Å²) in [5, 5.41) is 18.9. The summed E-state index contributed by atoms with van der Waals surface area (Å²) in [6, 6.07) is 8.91. The molecule has 6 nitrogen and oxygen atoms in total. The average Bonchev–Trinajstić information content (AvgIpc) is 3.16. The van der Waals surface area contributed by atoms with Crippen molar-refractivity contribution in [2.75, 3.05) is 6.61 Å². The van der Waals surface area contributed by atoms with Crippen LogP contribution < -0.4 is 0 Å². The predicted molar refractivity (Wildman–Crippen MR) is 93.5 cm³/mol. The number of hydrogen-bond acceptors (Lipinski definition) is 5. The lowest BCUT2D eigenvalue weighted by Gasteiger charge is -2.36. The maximum atomic E-state index is 10.6. The number of ether oxygens (including phenoxy) is 2. The van der Waals surface area contributed by atoms with E-state index < -0.39 is 12.3 Å². The Morgan fingerprint density at radius 1 is 1.23 bits per heavy atom. The average molecular weight is 358 g/mol. The van der Waals surface area contributed by atoms with E-state index in [0.29, 0.717) is 25.0 Å². The van der Waals surface area contributed by atoms with Crippen molar-refractivity contribution < 1.29 is 28.9 Å². The Balaban J connectivity index is 1.72. The zero-order chi connectivity index (χ0) is 18.4. The summed E-state index contributed by atoms with van der Waals surface area (Å²) >= 11 is 0. The number of aliphatic carboxylic acids is 1. The minimum atomic E-state index is -0.811. The summed E-state index contributed by atoms with van der Waals surface area (Å²) in [7, 11) is 0. The first-order chi connectivity index (χ1) is 12.6. The van der Waals surface area contributed by atoms with Gasteiger partial charge in [-0.15, -0.1) is 0 Å². The smallest absolute Gasteiger partial charge is 0.303 e. The lowest BCUT2D eigenvalue weighted by Crippen LogP contribution is -2.30. The van der Waals surface area contributed by atoms with Crippen molar-refractivity contribution in [2.24, 2.45) is 5.92 Å². The molecule has 3 unspecified atom stereocenters. The third kappa shape index (κ3) is 4.53. The molecule has 2 heterocycles. The molecule has 0 amide bonds. The van der Waals surface area contributed by atoms with Gasteiger partial charge in [-0.05, 0) is 25.0 Å². The predicted octanol–water partition coefficient (Wildman–Crippen LogP) is 4.20. The molecule has 3 atom stereocenters. The van der Waals surface area contributed by atoms with E-state index in [1.54, 1.807) is 30.7 Å². The molecule has 26 heavy (non-hydrogen) atoms. The minimum absolute atomic E-state index is 0.00697. The quantitative estimate of drug-likeness (QED) is 0.721. The number of phenols is 1. The van der Waals surface area contributed by atoms with Gasteiger partial charge >= 0.3 is 5.97 Å². The van der Waals surface area contributed by atoms with Gasteiger partial charge in [0.1, 0.15) is 5.75 Å². The molecule has 138 valence electrons. The van der Waals surface area contributed by atoms with E-state index in [0.717, 1.165) is 5.56 Å². The number of carboxylic acid groups (broad SMARTS) is 1. The molecule has 1 aliphatic rings. The van der Waals surface area contributed by atoms with Crippen molar-refractivity contribution in [3.63, 3.8) is 0 Å². The first kappa shape index (κ1) is 18.2. The monoisotopic (exact) mass is 358 g/mol. The van der Waals surface area contributed by atoms with Crippen molar-refractivity contribution in [2.45, 2.75) is 31.7 Å². The third-order valence-electron chi connectivity index (χ3n) is 4.35. The van der Waals surface area contributed by atoms with Crippen molar-refractivity contribution in [3.05, 3.63) is 66.1 Å². The van der Waals surface area contributed by atoms with Crippen LogP contribution in [0.1, 0.15) is 42.8 Å². The largest absolute Gasteiger partial charge is 0.508 e. The minimum Gasteiger partial charge on any atom is -0.508 e. The van der Waals surface area contributed by atoms with E-state index in [1.165, 1.54) is 0 Å². The summed E-state index contributed by atoms with van der Waals surface area (Å²) in [5.41, 5.74) is 1.51. The van der Waals surface area contributed by atoms with Crippen LogP contribution in [0.3, 0.4) is 0 Å². The normalized spacial score (nSPS) is 23.3. The zero-order valence-electron chi connectivity index (χ0n) is 14.3. The molecule has 1 aromatic heterocycles. The topological polar surface area (TPSA) is 89.1 Å². The molecule has 1 saturated heterocycles. The Kier molecular flexibility index (Phi) is 6.09. The number of allylic oxidation sites excluding steroid dienone is 2. The van der Waals surface area contributed by atoms with Crippen LogP contribution in [0.25, 0.3) is 0 Å². The van der Waals surface area contributed by atoms with Gasteiger partial charge in [0.05, 0.1) is 25.2 Å². The van der Waals surface area contributed by atoms with Crippen molar-refractivity contribution in [1.82, 2.24) is 0 Å². The fourth-order valence-electron chi connectivity index (χ4n) is 3.01. The Morgan fingerprint density at radius 3 is 2.81 bits per heavy atom. The Morgan fingerprint density at radius 2 is 2.08 bits per heavy atom. The van der Waals surface area contributed by atoms with Crippen LogP contribution in [0, 0.1) is 5.92 Å². The van der Waals surface area contributed by atoms with Gasteiger partial charge in [-0.3, -0.25) is 4.79 Å². The van der Waals surface area contributed by atoms with E-state index in [1.807, 2.05) is 24.3 Å². The molecule has 6 heteroatoms. The van der Waals surface area contributed by atoms with E-state index in [-0.39, 0.29) is 24.2 Å². The molecule has 3 rings (SSSR count). The SMILES string of the molecule is O=C(O)CC/C=C\CC1COC(c2ccoc2)OC1c1ccccc1O. The molecule has 1 fully saturated rings. The highest BCUT2D eigenvalue weighted by molar-refractivity contribution is 5.66. The number of phenolic OH excluding ortho intramolecular Hbond substituents is 1. The molecule has 2 aromatic rings. The second-order valence-corrected chi connectivity index (χ2v) is 6.24. The third-order valence-corrected chi connectivity index (χ3v) is 4.35. The molecule has 0 saturated carbocycles. The second kappa shape index (κ2) is 8.69. The zero-order valence-corrected chi connectivity index (χ0v) is 14.3. The summed E-state index contributed by atoms with van der Waals surface area (Å²) in [4.78, 5) is 10.6. The number of rotatable bonds is 7. The number of aromatic hydroxyl groups is 1. The summed E-state index contributed by atoms with van der Waals surface area (Å²) in [6.45, 7) is 0.456. The van der Waals surface area contributed by atoms with Crippen LogP contribution in [0.4, 0.5) is 0 Å². The van der Waals surface area contributed by atoms with Gasteiger partial charge in [-0.2, -0.15) is 0 Å². The van der Waals surface area contributed by atoms with E-state index in [2.05, 4.69) is 0 Å². The van der Waals surface area contributed by atoms with E-state index >= 15 is 0 Å². The molecule has 2 N–H and O–H groups in total. The number of para-hydroxylation sites is 1. The molecule has 0 spiro atoms. The lowest BCUT2D eigenvalue weighted by atomic mass is 9.91. The van der Waals surface area contributed by atoms with Gasteiger partial charge in [0, 0.05) is 23.5 Å². The second-order valence-electron chi connectivity index (χ2n) is 6.24. The van der Waals surface area contributed by atoms with Crippen molar-refractivity contribution >= 4 is 5.97 Å². The molecular formula is C20H22O6. The number of furan rings is 1. The van der Waals surface area contributed by atoms with Gasteiger partial charge in [0.15, 0.2) is 6.29 Å². The highest BCUT2D eigenvalue weighted by Crippen LogP contribution is 2.42. The summed E-state index contributed by atoms with van der Waals surface area (Å²) in [5.74, 6) is -0.619. The van der Waals surface area contributed by atoms with Gasteiger partial charge in [-0.25, -0.2) is 0 Å². The number of benzene rings is 1. The first-order valence-corrected chi connectivity index (χ1v) is 8.59. The van der Waals surface area contributed by atoms with Crippen LogP contribution in [0.15, 0.2) is 59.4 Å². The maximum absolute atomic E-state index is 10.6. The Labute approximate surface area is 151 Å². The summed E-state index contributed by atoms with van der Waals surface area (Å²) in [6.07, 6.45) is 7.33. The molecular weight excluding hydrogens is 336 g/mol. The Hall–Kier alpha value is -2.57. The molecule has 0 radical (unpaired) electrons. The van der Waals surface area contributed by atoms with Crippen LogP contribution in [0.5, 0.6) is 5.75 Å². The first-order valence-electron chi connectivity index (χ1n) is 8.59. The Bertz CT molecular complexity index is 737. The van der Waals surface area contributed by atoms with Gasteiger partial charge in [-0.1, -0.05) is 30.4 Å². The van der Waals surface area contributed by atoms with E-state index in [4.69, 9.17) is 19.0 Å².